The van der Waals surface area contributed by atoms with Gasteiger partial charge in [-0.1, -0.05) is 67.8 Å². The Labute approximate surface area is 193 Å². The molecule has 1 aliphatic carbocycles. The molecule has 0 aliphatic heterocycles. The fraction of sp³-hybridized carbons (Fsp3) is 0.286. The highest BCUT2D eigenvalue weighted by molar-refractivity contribution is 5.79. The van der Waals surface area contributed by atoms with Crippen molar-refractivity contribution in [1.82, 2.24) is 15.3 Å². The molecule has 1 saturated carbocycles. The molecule has 33 heavy (non-hydrogen) atoms. The second-order valence-corrected chi connectivity index (χ2v) is 8.98. The van der Waals surface area contributed by atoms with Gasteiger partial charge in [0.15, 0.2) is 0 Å². The summed E-state index contributed by atoms with van der Waals surface area (Å²) >= 11 is 0. The van der Waals surface area contributed by atoms with E-state index in [-0.39, 0.29) is 11.9 Å². The number of hydrogen-bond acceptors (Lipinski definition) is 4. The van der Waals surface area contributed by atoms with Crippen LogP contribution in [-0.4, -0.2) is 15.1 Å². The molecular formula is C28H28FN3O. The number of fused-ring (bicyclic) bond motifs is 1. The molecule has 4 aromatic rings. The van der Waals surface area contributed by atoms with Gasteiger partial charge < -0.3 is 5.11 Å². The van der Waals surface area contributed by atoms with E-state index in [2.05, 4.69) is 17.4 Å². The van der Waals surface area contributed by atoms with Gasteiger partial charge in [-0.25, -0.2) is 14.4 Å². The zero-order chi connectivity index (χ0) is 22.8. The third kappa shape index (κ3) is 4.80. The molecule has 4 nitrogen and oxygen atoms in total. The smallest absolute Gasteiger partial charge is 0.131 e. The average molecular weight is 442 g/mol. The molecule has 2 atom stereocenters. The van der Waals surface area contributed by atoms with Gasteiger partial charge in [0.1, 0.15) is 12.0 Å². The van der Waals surface area contributed by atoms with Crippen LogP contribution >= 0.6 is 0 Å². The van der Waals surface area contributed by atoms with Crippen molar-refractivity contribution in [2.75, 3.05) is 0 Å². The van der Waals surface area contributed by atoms with Crippen molar-refractivity contribution in [2.45, 2.75) is 44.9 Å². The summed E-state index contributed by atoms with van der Waals surface area (Å²) in [7, 11) is 0. The molecule has 1 fully saturated rings. The van der Waals surface area contributed by atoms with Gasteiger partial charge in [0.05, 0.1) is 22.4 Å². The first-order valence-electron chi connectivity index (χ1n) is 11.6. The van der Waals surface area contributed by atoms with Crippen LogP contribution in [0.2, 0.25) is 0 Å². The Morgan fingerprint density at radius 1 is 0.939 bits per heavy atom. The van der Waals surface area contributed by atoms with Crippen molar-refractivity contribution >= 4 is 11.0 Å². The maximum absolute atomic E-state index is 13.2. The number of benzene rings is 3. The first kappa shape index (κ1) is 21.7. The van der Waals surface area contributed by atoms with Gasteiger partial charge in [0.25, 0.3) is 0 Å². The Balaban J connectivity index is 1.44. The lowest BCUT2D eigenvalue weighted by Crippen LogP contribution is -2.24. The number of rotatable bonds is 7. The quantitative estimate of drug-likeness (QED) is 0.339. The molecule has 2 N–H and O–H groups in total. The summed E-state index contributed by atoms with van der Waals surface area (Å²) < 4.78 is 13.2. The van der Waals surface area contributed by atoms with Gasteiger partial charge in [-0.2, -0.15) is 0 Å². The van der Waals surface area contributed by atoms with E-state index in [1.54, 1.807) is 12.1 Å². The van der Waals surface area contributed by atoms with Crippen LogP contribution in [-0.2, 0) is 6.42 Å². The third-order valence-electron chi connectivity index (χ3n) is 6.61. The standard InChI is InChI=1S/C28H28FN3O/c1-18(20-10-13-23(29)14-11-20)30-28(33)22-12-15-24-25(17-22)31-26(16-19-6-5-7-19)27(32-24)21-8-3-2-4-9-21/h2-4,8-15,17-19,28,30,33H,5-7,16H2,1H3. The van der Waals surface area contributed by atoms with E-state index in [1.807, 2.05) is 43.3 Å². The minimum atomic E-state index is -0.875. The molecule has 1 heterocycles. The Bertz CT molecular complexity index is 1240. The maximum Gasteiger partial charge on any atom is 0.131 e. The van der Waals surface area contributed by atoms with Crippen molar-refractivity contribution in [3.05, 3.63) is 95.4 Å². The number of aliphatic hydroxyl groups is 1. The molecular weight excluding hydrogens is 413 g/mol. The number of aliphatic hydroxyl groups excluding tert-OH is 1. The van der Waals surface area contributed by atoms with Crippen LogP contribution in [0.15, 0.2) is 72.8 Å². The van der Waals surface area contributed by atoms with E-state index >= 15 is 0 Å². The van der Waals surface area contributed by atoms with Crippen molar-refractivity contribution in [2.24, 2.45) is 5.92 Å². The summed E-state index contributed by atoms with van der Waals surface area (Å²) in [6, 6.07) is 22.1. The first-order chi connectivity index (χ1) is 16.1. The van der Waals surface area contributed by atoms with Gasteiger partial charge in [0, 0.05) is 11.6 Å². The monoisotopic (exact) mass is 441 g/mol. The number of halogens is 1. The average Bonchev–Trinajstić information content (AvgIpc) is 2.81. The summed E-state index contributed by atoms with van der Waals surface area (Å²) in [6.45, 7) is 1.94. The highest BCUT2D eigenvalue weighted by atomic mass is 19.1. The van der Waals surface area contributed by atoms with Crippen LogP contribution in [0.3, 0.4) is 0 Å². The molecule has 3 aromatic carbocycles. The van der Waals surface area contributed by atoms with E-state index in [9.17, 15) is 9.50 Å². The summed E-state index contributed by atoms with van der Waals surface area (Å²) in [5.41, 5.74) is 6.30. The molecule has 1 aromatic heterocycles. The largest absolute Gasteiger partial charge is 0.374 e. The van der Waals surface area contributed by atoms with Gasteiger partial charge >= 0.3 is 0 Å². The molecule has 168 valence electrons. The first-order valence-corrected chi connectivity index (χ1v) is 11.6. The van der Waals surface area contributed by atoms with E-state index in [0.717, 1.165) is 45.5 Å². The summed E-state index contributed by atoms with van der Waals surface area (Å²) in [4.78, 5) is 9.99. The Morgan fingerprint density at radius 2 is 1.67 bits per heavy atom. The number of hydrogen-bond donors (Lipinski definition) is 2. The van der Waals surface area contributed by atoms with Gasteiger partial charge in [0.2, 0.25) is 0 Å². The number of nitrogens with one attached hydrogen (secondary N) is 1. The SMILES string of the molecule is CC(NC(O)c1ccc2nc(-c3ccccc3)c(CC3CCC3)nc2c1)c1ccc(F)cc1. The van der Waals surface area contributed by atoms with Crippen molar-refractivity contribution in [3.63, 3.8) is 0 Å². The van der Waals surface area contributed by atoms with Crippen molar-refractivity contribution < 1.29 is 9.50 Å². The van der Waals surface area contributed by atoms with E-state index in [0.29, 0.717) is 5.92 Å². The topological polar surface area (TPSA) is 58.0 Å². The second-order valence-electron chi connectivity index (χ2n) is 8.98. The molecule has 0 bridgehead atoms. The zero-order valence-corrected chi connectivity index (χ0v) is 18.7. The Morgan fingerprint density at radius 3 is 2.36 bits per heavy atom. The van der Waals surface area contributed by atoms with Crippen molar-refractivity contribution in [1.29, 1.82) is 0 Å². The molecule has 5 rings (SSSR count). The summed E-state index contributed by atoms with van der Waals surface area (Å²) in [5.74, 6) is 0.401. The lowest BCUT2D eigenvalue weighted by Gasteiger charge is -2.25. The number of nitrogens with zero attached hydrogens (tertiary/aromatic N) is 2. The predicted molar refractivity (Wildman–Crippen MR) is 129 cm³/mol. The minimum absolute atomic E-state index is 0.142. The molecule has 2 unspecified atom stereocenters. The van der Waals surface area contributed by atoms with E-state index < -0.39 is 6.23 Å². The summed E-state index contributed by atoms with van der Waals surface area (Å²) in [5, 5.41) is 14.0. The second kappa shape index (κ2) is 9.38. The lowest BCUT2D eigenvalue weighted by atomic mass is 9.81. The Kier molecular flexibility index (Phi) is 6.16. The van der Waals surface area contributed by atoms with Crippen LogP contribution in [0, 0.1) is 11.7 Å². The molecule has 0 saturated heterocycles. The van der Waals surface area contributed by atoms with Crippen LogP contribution in [0.1, 0.15) is 55.3 Å². The lowest BCUT2D eigenvalue weighted by molar-refractivity contribution is 0.126. The van der Waals surface area contributed by atoms with Crippen LogP contribution in [0.5, 0.6) is 0 Å². The van der Waals surface area contributed by atoms with Gasteiger partial charge in [-0.15, -0.1) is 0 Å². The molecule has 0 amide bonds. The zero-order valence-electron chi connectivity index (χ0n) is 18.7. The molecule has 1 aliphatic rings. The van der Waals surface area contributed by atoms with Crippen LogP contribution in [0.4, 0.5) is 4.39 Å². The molecule has 5 heteroatoms. The number of aromatic nitrogens is 2. The van der Waals surface area contributed by atoms with Gasteiger partial charge in [-0.3, -0.25) is 5.32 Å². The third-order valence-corrected chi connectivity index (χ3v) is 6.61. The highest BCUT2D eigenvalue weighted by Crippen LogP contribution is 2.33. The van der Waals surface area contributed by atoms with Gasteiger partial charge in [-0.05, 0) is 54.7 Å². The normalized spacial score (nSPS) is 15.8. The van der Waals surface area contributed by atoms with Crippen LogP contribution < -0.4 is 5.32 Å². The van der Waals surface area contributed by atoms with Crippen LogP contribution in [0.25, 0.3) is 22.3 Å². The Hall–Kier alpha value is -3.15. The fourth-order valence-electron chi connectivity index (χ4n) is 4.40. The maximum atomic E-state index is 13.2. The predicted octanol–water partition coefficient (Wildman–Crippen LogP) is 6.12. The van der Waals surface area contributed by atoms with Crippen molar-refractivity contribution in [3.8, 4) is 11.3 Å². The molecule has 0 spiro atoms. The fourth-order valence-corrected chi connectivity index (χ4v) is 4.40. The molecule has 0 radical (unpaired) electrons. The van der Waals surface area contributed by atoms with E-state index in [4.69, 9.17) is 9.97 Å². The van der Waals surface area contributed by atoms with E-state index in [1.165, 1.54) is 31.4 Å². The highest BCUT2D eigenvalue weighted by Gasteiger charge is 2.22. The minimum Gasteiger partial charge on any atom is -0.374 e. The summed E-state index contributed by atoms with van der Waals surface area (Å²) in [6.07, 6.45) is 3.84.